The van der Waals surface area contributed by atoms with Crippen molar-refractivity contribution in [2.75, 3.05) is 7.11 Å². The zero-order valence-electron chi connectivity index (χ0n) is 10.2. The highest BCUT2D eigenvalue weighted by molar-refractivity contribution is 9.10. The Bertz CT molecular complexity index is 373. The number of ether oxygens (including phenoxy) is 1. The number of carbonyl (C=O) groups excluding carboxylic acids is 1. The maximum atomic E-state index is 11.6. The minimum absolute atomic E-state index is 0.0875. The van der Waals surface area contributed by atoms with Crippen molar-refractivity contribution < 1.29 is 14.6 Å². The summed E-state index contributed by atoms with van der Waals surface area (Å²) in [5.74, 6) is -1.01. The Morgan fingerprint density at radius 3 is 2.24 bits per heavy atom. The second kappa shape index (κ2) is 6.17. The van der Waals surface area contributed by atoms with Crippen LogP contribution in [0.5, 0.6) is 0 Å². The predicted molar refractivity (Wildman–Crippen MR) is 69.7 cm³/mol. The molecule has 0 heterocycles. The lowest BCUT2D eigenvalue weighted by Gasteiger charge is -2.24. The van der Waals surface area contributed by atoms with Gasteiger partial charge in [-0.25, -0.2) is 0 Å². The summed E-state index contributed by atoms with van der Waals surface area (Å²) in [4.78, 5) is 11.6. The highest BCUT2D eigenvalue weighted by Crippen LogP contribution is 2.28. The molecule has 0 spiro atoms. The first-order valence-corrected chi connectivity index (χ1v) is 6.28. The summed E-state index contributed by atoms with van der Waals surface area (Å²) in [6.07, 6.45) is -0.735. The first kappa shape index (κ1) is 14.2. The topological polar surface area (TPSA) is 46.5 Å². The third kappa shape index (κ3) is 3.54. The molecule has 0 aliphatic carbocycles. The Morgan fingerprint density at radius 2 is 1.82 bits per heavy atom. The number of halogens is 1. The van der Waals surface area contributed by atoms with Crippen LogP contribution in [0.2, 0.25) is 0 Å². The van der Waals surface area contributed by atoms with Crippen molar-refractivity contribution >= 4 is 21.9 Å². The molecule has 0 aliphatic rings. The minimum atomic E-state index is -0.735. The van der Waals surface area contributed by atoms with Crippen LogP contribution in [0, 0.1) is 5.92 Å². The Balaban J connectivity index is 2.95. The quantitative estimate of drug-likeness (QED) is 0.870. The van der Waals surface area contributed by atoms with Crippen molar-refractivity contribution in [3.63, 3.8) is 0 Å². The van der Waals surface area contributed by atoms with Gasteiger partial charge in [-0.1, -0.05) is 35.0 Å². The molecule has 4 heteroatoms. The second-order valence-corrected chi connectivity index (χ2v) is 5.05. The van der Waals surface area contributed by atoms with Crippen LogP contribution in [0.3, 0.4) is 0 Å². The van der Waals surface area contributed by atoms with Gasteiger partial charge in [-0.05, 0) is 30.5 Å². The lowest BCUT2D eigenvalue weighted by atomic mass is 9.84. The monoisotopic (exact) mass is 300 g/mol. The summed E-state index contributed by atoms with van der Waals surface area (Å²) in [5, 5.41) is 9.69. The maximum Gasteiger partial charge on any atom is 0.311 e. The second-order valence-electron chi connectivity index (χ2n) is 4.13. The van der Waals surface area contributed by atoms with E-state index < -0.39 is 12.0 Å². The van der Waals surface area contributed by atoms with Gasteiger partial charge < -0.3 is 9.84 Å². The lowest BCUT2D eigenvalue weighted by molar-refractivity contribution is -0.150. The predicted octanol–water partition coefficient (Wildman–Crippen LogP) is 2.72. The standard InChI is InChI=1S/C13H17BrO3/c1-8(10-4-6-11(14)7-5-10)12(9(2)15)13(16)17-3/h4-9,12,15H,1-3H3/t8?,9-,12+/m0/s1. The molecule has 0 saturated carbocycles. The lowest BCUT2D eigenvalue weighted by Crippen LogP contribution is -2.31. The Hall–Kier alpha value is -0.870. The zero-order valence-corrected chi connectivity index (χ0v) is 11.8. The smallest absolute Gasteiger partial charge is 0.311 e. The Morgan fingerprint density at radius 1 is 1.29 bits per heavy atom. The molecule has 0 fully saturated rings. The fraction of sp³-hybridized carbons (Fsp3) is 0.462. The number of hydrogen-bond donors (Lipinski definition) is 1. The largest absolute Gasteiger partial charge is 0.469 e. The summed E-state index contributed by atoms with van der Waals surface area (Å²) in [6.45, 7) is 3.52. The number of benzene rings is 1. The Labute approximate surface area is 110 Å². The third-order valence-corrected chi connectivity index (χ3v) is 3.46. The number of esters is 1. The molecular formula is C13H17BrO3. The maximum absolute atomic E-state index is 11.6. The fourth-order valence-electron chi connectivity index (χ4n) is 1.93. The molecule has 0 radical (unpaired) electrons. The summed E-state index contributed by atoms with van der Waals surface area (Å²) in [6, 6.07) is 7.71. The number of methoxy groups -OCH3 is 1. The summed E-state index contributed by atoms with van der Waals surface area (Å²) in [5.41, 5.74) is 1.00. The molecule has 3 nitrogen and oxygen atoms in total. The van der Waals surface area contributed by atoms with Gasteiger partial charge in [0.2, 0.25) is 0 Å². The molecule has 1 N–H and O–H groups in total. The SMILES string of the molecule is COC(=O)[C@H](C(C)c1ccc(Br)cc1)[C@H](C)O. The molecule has 0 aliphatic heterocycles. The molecule has 1 aromatic rings. The summed E-state index contributed by atoms with van der Waals surface area (Å²) in [7, 11) is 1.34. The van der Waals surface area contributed by atoms with E-state index in [2.05, 4.69) is 15.9 Å². The first-order chi connectivity index (χ1) is 7.97. The number of rotatable bonds is 4. The van der Waals surface area contributed by atoms with Crippen molar-refractivity contribution in [2.45, 2.75) is 25.9 Å². The van der Waals surface area contributed by atoms with Gasteiger partial charge in [-0.3, -0.25) is 4.79 Å². The van der Waals surface area contributed by atoms with Crippen LogP contribution in [0.25, 0.3) is 0 Å². The van der Waals surface area contributed by atoms with E-state index in [0.717, 1.165) is 10.0 Å². The molecule has 0 amide bonds. The molecule has 0 aromatic heterocycles. The molecule has 1 unspecified atom stereocenters. The van der Waals surface area contributed by atoms with Crippen LogP contribution in [0.4, 0.5) is 0 Å². The van der Waals surface area contributed by atoms with Crippen LogP contribution < -0.4 is 0 Å². The minimum Gasteiger partial charge on any atom is -0.469 e. The Kier molecular flexibility index (Phi) is 5.15. The average molecular weight is 301 g/mol. The normalized spacial score (nSPS) is 16.1. The molecule has 0 bridgehead atoms. The van der Waals surface area contributed by atoms with Crippen LogP contribution in [-0.2, 0) is 9.53 Å². The number of carbonyl (C=O) groups is 1. The molecule has 1 aromatic carbocycles. The third-order valence-electron chi connectivity index (χ3n) is 2.93. The van der Waals surface area contributed by atoms with Crippen molar-refractivity contribution in [3.05, 3.63) is 34.3 Å². The molecule has 94 valence electrons. The van der Waals surface area contributed by atoms with Gasteiger partial charge in [0.25, 0.3) is 0 Å². The van der Waals surface area contributed by atoms with Gasteiger partial charge in [0.1, 0.15) is 0 Å². The summed E-state index contributed by atoms with van der Waals surface area (Å²) >= 11 is 3.36. The number of hydrogen-bond acceptors (Lipinski definition) is 3. The van der Waals surface area contributed by atoms with Crippen molar-refractivity contribution in [3.8, 4) is 0 Å². The molecule has 0 saturated heterocycles. The van der Waals surface area contributed by atoms with Crippen LogP contribution in [-0.4, -0.2) is 24.3 Å². The van der Waals surface area contributed by atoms with E-state index in [4.69, 9.17) is 4.74 Å². The van der Waals surface area contributed by atoms with E-state index in [-0.39, 0.29) is 11.9 Å². The van der Waals surface area contributed by atoms with Crippen LogP contribution in [0.1, 0.15) is 25.3 Å². The van der Waals surface area contributed by atoms with Crippen LogP contribution in [0.15, 0.2) is 28.7 Å². The zero-order chi connectivity index (χ0) is 13.0. The van der Waals surface area contributed by atoms with Gasteiger partial charge in [-0.2, -0.15) is 0 Å². The van der Waals surface area contributed by atoms with Gasteiger partial charge >= 0.3 is 5.97 Å². The van der Waals surface area contributed by atoms with E-state index in [1.807, 2.05) is 31.2 Å². The highest BCUT2D eigenvalue weighted by Gasteiger charge is 2.31. The van der Waals surface area contributed by atoms with E-state index in [0.29, 0.717) is 0 Å². The van der Waals surface area contributed by atoms with E-state index >= 15 is 0 Å². The molecule has 1 rings (SSSR count). The highest BCUT2D eigenvalue weighted by atomic mass is 79.9. The van der Waals surface area contributed by atoms with Gasteiger partial charge in [0.15, 0.2) is 0 Å². The molecule has 3 atom stereocenters. The number of aliphatic hydroxyl groups is 1. The van der Waals surface area contributed by atoms with Gasteiger partial charge in [-0.15, -0.1) is 0 Å². The fourth-order valence-corrected chi connectivity index (χ4v) is 2.19. The molecule has 17 heavy (non-hydrogen) atoms. The van der Waals surface area contributed by atoms with E-state index in [1.54, 1.807) is 6.92 Å². The van der Waals surface area contributed by atoms with Crippen molar-refractivity contribution in [1.82, 2.24) is 0 Å². The van der Waals surface area contributed by atoms with E-state index in [1.165, 1.54) is 7.11 Å². The van der Waals surface area contributed by atoms with Crippen molar-refractivity contribution in [1.29, 1.82) is 0 Å². The van der Waals surface area contributed by atoms with Crippen LogP contribution >= 0.6 is 15.9 Å². The van der Waals surface area contributed by atoms with Gasteiger partial charge in [0, 0.05) is 4.47 Å². The van der Waals surface area contributed by atoms with E-state index in [9.17, 15) is 9.90 Å². The van der Waals surface area contributed by atoms with Gasteiger partial charge in [0.05, 0.1) is 19.1 Å². The molecular weight excluding hydrogens is 284 g/mol. The average Bonchev–Trinajstić information content (AvgIpc) is 2.29. The first-order valence-electron chi connectivity index (χ1n) is 5.48. The summed E-state index contributed by atoms with van der Waals surface area (Å²) < 4.78 is 5.72. The number of aliphatic hydroxyl groups excluding tert-OH is 1. The van der Waals surface area contributed by atoms with Crippen molar-refractivity contribution in [2.24, 2.45) is 5.92 Å².